The van der Waals surface area contributed by atoms with Gasteiger partial charge in [0.2, 0.25) is 0 Å². The number of halogens is 1. The van der Waals surface area contributed by atoms with E-state index in [4.69, 9.17) is 0 Å². The number of nitrogens with zero attached hydrogens (tertiary/aromatic N) is 1. The van der Waals surface area contributed by atoms with Crippen molar-refractivity contribution in [3.05, 3.63) is 35.5 Å². The standard InChI is InChI=1S/C45H71FN2O3/c1-30(2)32-13-20-45(47-25-28-48-26-23-40(5,51)24-27-48)22-21-42(7)34(37(32)45)9-10-36-41(6)16-14-33(39(3,4)35(41)15-17-43(36,42)8)31-11-18-44(29-46,19-12-31)38(49)50/h11,14,32,34-37,47,51H,1,9-10,12-13,15-29H2,2-8H3,(H,49,50)/t32-,34+,35-,36+,37+,41-,42+,43+,44-,45-/m0/s1. The molecule has 0 aromatic carbocycles. The summed E-state index contributed by atoms with van der Waals surface area (Å²) < 4.78 is 14.0. The fourth-order valence-corrected chi connectivity index (χ4v) is 14.8. The fraction of sp³-hybridized carbons (Fsp3) is 0.844. The smallest absolute Gasteiger partial charge is 0.312 e. The van der Waals surface area contributed by atoms with Gasteiger partial charge < -0.3 is 20.4 Å². The Morgan fingerprint density at radius 3 is 2.25 bits per heavy atom. The van der Waals surface area contributed by atoms with Crippen LogP contribution < -0.4 is 5.32 Å². The maximum absolute atomic E-state index is 14.0. The van der Waals surface area contributed by atoms with Crippen molar-refractivity contribution < 1.29 is 19.4 Å². The van der Waals surface area contributed by atoms with Gasteiger partial charge in [-0.1, -0.05) is 58.9 Å². The third-order valence-electron chi connectivity index (χ3n) is 18.2. The van der Waals surface area contributed by atoms with Crippen LogP contribution in [0.15, 0.2) is 35.5 Å². The van der Waals surface area contributed by atoms with Crippen molar-refractivity contribution in [1.29, 1.82) is 0 Å². The number of hydrogen-bond acceptors (Lipinski definition) is 4. The third kappa shape index (κ3) is 5.71. The van der Waals surface area contributed by atoms with Crippen molar-refractivity contribution in [2.75, 3.05) is 32.9 Å². The Kier molecular flexibility index (Phi) is 9.48. The van der Waals surface area contributed by atoms with E-state index < -0.39 is 23.7 Å². The first-order valence-electron chi connectivity index (χ1n) is 20.9. The number of hydrogen-bond donors (Lipinski definition) is 3. The van der Waals surface area contributed by atoms with Gasteiger partial charge >= 0.3 is 5.97 Å². The average molecular weight is 707 g/mol. The van der Waals surface area contributed by atoms with Gasteiger partial charge in [0.25, 0.3) is 0 Å². The Balaban J connectivity index is 1.13. The topological polar surface area (TPSA) is 72.8 Å². The zero-order valence-electron chi connectivity index (χ0n) is 33.3. The molecule has 5 fully saturated rings. The van der Waals surface area contributed by atoms with Crippen LogP contribution in [-0.4, -0.2) is 65.1 Å². The fourth-order valence-electron chi connectivity index (χ4n) is 14.8. The van der Waals surface area contributed by atoms with Crippen molar-refractivity contribution >= 4 is 5.97 Å². The molecule has 0 unspecified atom stereocenters. The molecule has 0 amide bonds. The first kappa shape index (κ1) is 37.8. The number of alkyl halides is 1. The number of carbonyl (C=O) groups is 1. The highest BCUT2D eigenvalue weighted by Crippen LogP contribution is 2.76. The van der Waals surface area contributed by atoms with Gasteiger partial charge in [0.1, 0.15) is 6.67 Å². The van der Waals surface area contributed by atoms with E-state index in [1.807, 2.05) is 6.92 Å². The molecule has 0 spiro atoms. The second-order valence-corrected chi connectivity index (χ2v) is 20.8. The summed E-state index contributed by atoms with van der Waals surface area (Å²) in [5.41, 5.74) is 3.37. The van der Waals surface area contributed by atoms with Crippen LogP contribution in [0.25, 0.3) is 0 Å². The van der Waals surface area contributed by atoms with E-state index in [1.54, 1.807) is 0 Å². The maximum atomic E-state index is 14.0. The van der Waals surface area contributed by atoms with Crippen molar-refractivity contribution in [3.63, 3.8) is 0 Å². The van der Waals surface area contributed by atoms with Gasteiger partial charge in [-0.25, -0.2) is 4.39 Å². The van der Waals surface area contributed by atoms with Gasteiger partial charge in [0, 0.05) is 31.7 Å². The van der Waals surface area contributed by atoms with Gasteiger partial charge in [-0.05, 0) is 166 Å². The van der Waals surface area contributed by atoms with Crippen molar-refractivity contribution in [2.24, 2.45) is 56.7 Å². The van der Waals surface area contributed by atoms with Gasteiger partial charge in [0.15, 0.2) is 0 Å². The molecule has 4 saturated carbocycles. The van der Waals surface area contributed by atoms with Crippen LogP contribution in [0, 0.1) is 56.7 Å². The summed E-state index contributed by atoms with van der Waals surface area (Å²) in [6.07, 6.45) is 19.1. The van der Waals surface area contributed by atoms with E-state index in [2.05, 4.69) is 70.5 Å². The van der Waals surface area contributed by atoms with Crippen LogP contribution in [0.2, 0.25) is 0 Å². The number of fused-ring (bicyclic) bond motifs is 7. The SMILES string of the molecule is C=C(C)[C@@H]1CC[C@]2(NCCN3CCC(C)(O)CC3)CC[C@]3(C)[C@H](CC[C@@H]4[C@@]5(C)CC=C(C6=CC[C@](CF)(C(=O)O)CC6)C(C)(C)[C@@H]5CC[C@]43C)[C@@H]12. The Morgan fingerprint density at radius 2 is 1.63 bits per heavy atom. The molecule has 1 aliphatic heterocycles. The second kappa shape index (κ2) is 12.8. The summed E-state index contributed by atoms with van der Waals surface area (Å²) in [4.78, 5) is 14.6. The second-order valence-electron chi connectivity index (χ2n) is 20.8. The van der Waals surface area contributed by atoms with Gasteiger partial charge in [0.05, 0.1) is 11.0 Å². The highest BCUT2D eigenvalue weighted by atomic mass is 19.1. The van der Waals surface area contributed by atoms with E-state index in [-0.39, 0.29) is 21.8 Å². The summed E-state index contributed by atoms with van der Waals surface area (Å²) >= 11 is 0. The van der Waals surface area contributed by atoms with Crippen LogP contribution in [-0.2, 0) is 4.79 Å². The van der Waals surface area contributed by atoms with Crippen LogP contribution >= 0.6 is 0 Å². The highest BCUT2D eigenvalue weighted by Gasteiger charge is 2.70. The van der Waals surface area contributed by atoms with E-state index in [9.17, 15) is 19.4 Å². The summed E-state index contributed by atoms with van der Waals surface area (Å²) in [5, 5.41) is 24.6. The molecule has 1 saturated heterocycles. The van der Waals surface area contributed by atoms with Crippen LogP contribution in [0.3, 0.4) is 0 Å². The highest BCUT2D eigenvalue weighted by molar-refractivity contribution is 5.75. The first-order valence-corrected chi connectivity index (χ1v) is 20.9. The van der Waals surface area contributed by atoms with Crippen molar-refractivity contribution in [2.45, 2.75) is 149 Å². The minimum atomic E-state index is -1.25. The Morgan fingerprint density at radius 1 is 0.902 bits per heavy atom. The molecule has 3 N–H and O–H groups in total. The lowest BCUT2D eigenvalue weighted by Crippen LogP contribution is -2.68. The summed E-state index contributed by atoms with van der Waals surface area (Å²) in [7, 11) is 0. The normalized spacial score (nSPS) is 46.1. The Hall–Kier alpha value is -1.50. The molecule has 51 heavy (non-hydrogen) atoms. The molecule has 1 heterocycles. The van der Waals surface area contributed by atoms with E-state index in [0.29, 0.717) is 54.3 Å². The summed E-state index contributed by atoms with van der Waals surface area (Å²) in [6, 6.07) is 0. The minimum Gasteiger partial charge on any atom is -0.481 e. The predicted molar refractivity (Wildman–Crippen MR) is 205 cm³/mol. The average Bonchev–Trinajstić information content (AvgIpc) is 3.46. The molecule has 6 aliphatic carbocycles. The lowest BCUT2D eigenvalue weighted by Gasteiger charge is -2.72. The number of piperidine rings is 1. The largest absolute Gasteiger partial charge is 0.481 e. The van der Waals surface area contributed by atoms with E-state index in [1.165, 1.54) is 68.1 Å². The Labute approximate surface area is 309 Å². The number of aliphatic carboxylic acids is 1. The Bertz CT molecular complexity index is 1460. The number of rotatable bonds is 8. The molecule has 0 bridgehead atoms. The molecule has 0 aromatic rings. The summed E-state index contributed by atoms with van der Waals surface area (Å²) in [6.45, 7) is 25.3. The first-order chi connectivity index (χ1) is 23.9. The lowest BCUT2D eigenvalue weighted by atomic mass is 9.33. The number of aliphatic hydroxyl groups is 1. The minimum absolute atomic E-state index is 0.00313. The van der Waals surface area contributed by atoms with Crippen molar-refractivity contribution in [3.8, 4) is 0 Å². The lowest BCUT2D eigenvalue weighted by molar-refractivity contribution is -0.221. The van der Waals surface area contributed by atoms with E-state index >= 15 is 0 Å². The third-order valence-corrected chi connectivity index (χ3v) is 18.2. The molecule has 10 atom stereocenters. The van der Waals surface area contributed by atoms with Gasteiger partial charge in [-0.15, -0.1) is 0 Å². The van der Waals surface area contributed by atoms with Crippen LogP contribution in [0.5, 0.6) is 0 Å². The number of allylic oxidation sites excluding steroid dienone is 5. The molecular formula is C45H71FN2O3. The van der Waals surface area contributed by atoms with Gasteiger partial charge in [-0.3, -0.25) is 4.79 Å². The number of carboxylic acids is 1. The zero-order valence-corrected chi connectivity index (χ0v) is 33.3. The molecular weight excluding hydrogens is 636 g/mol. The van der Waals surface area contributed by atoms with E-state index in [0.717, 1.165) is 45.4 Å². The molecule has 286 valence electrons. The molecule has 0 radical (unpaired) electrons. The maximum Gasteiger partial charge on any atom is 0.312 e. The predicted octanol–water partition coefficient (Wildman–Crippen LogP) is 9.52. The molecule has 6 heteroatoms. The molecule has 5 nitrogen and oxygen atoms in total. The number of carboxylic acid groups (broad SMARTS) is 1. The quantitative estimate of drug-likeness (QED) is 0.219. The van der Waals surface area contributed by atoms with Crippen molar-refractivity contribution in [1.82, 2.24) is 10.2 Å². The molecule has 7 aliphatic rings. The van der Waals surface area contributed by atoms with Crippen LogP contribution in [0.4, 0.5) is 4.39 Å². The van der Waals surface area contributed by atoms with Gasteiger partial charge in [-0.2, -0.15) is 0 Å². The monoisotopic (exact) mass is 707 g/mol. The zero-order chi connectivity index (χ0) is 36.8. The summed E-state index contributed by atoms with van der Waals surface area (Å²) in [5.74, 6) is 2.21. The molecule has 0 aromatic heterocycles. The molecule has 7 rings (SSSR count). The number of likely N-dealkylation sites (tertiary alicyclic amines) is 1. The van der Waals surface area contributed by atoms with Crippen LogP contribution in [0.1, 0.15) is 138 Å². The number of nitrogens with one attached hydrogen (secondary N) is 1.